The summed E-state index contributed by atoms with van der Waals surface area (Å²) in [5.74, 6) is -0.176. The SMILES string of the molecule is CNC1CCN(C(=O)C2(S(=O)(=O)c3cc(C)ccc3C)CCCC2)CC1.Cl. The highest BCUT2D eigenvalue weighted by molar-refractivity contribution is 7.93. The summed E-state index contributed by atoms with van der Waals surface area (Å²) in [5.41, 5.74) is 1.63. The van der Waals surface area contributed by atoms with Crippen molar-refractivity contribution >= 4 is 28.2 Å². The fourth-order valence-electron chi connectivity index (χ4n) is 4.41. The van der Waals surface area contributed by atoms with Gasteiger partial charge in [0.05, 0.1) is 4.90 Å². The number of piperidine rings is 1. The molecule has 7 heteroatoms. The van der Waals surface area contributed by atoms with Crippen molar-refractivity contribution in [2.24, 2.45) is 0 Å². The number of amides is 1. The van der Waals surface area contributed by atoms with Crippen LogP contribution in [0.25, 0.3) is 0 Å². The fourth-order valence-corrected chi connectivity index (χ4v) is 6.85. The first-order valence-corrected chi connectivity index (χ1v) is 11.1. The summed E-state index contributed by atoms with van der Waals surface area (Å²) in [7, 11) is -1.79. The molecule has 5 nitrogen and oxygen atoms in total. The number of halogens is 1. The monoisotopic (exact) mass is 414 g/mol. The molecule has 0 spiro atoms. The summed E-state index contributed by atoms with van der Waals surface area (Å²) < 4.78 is 26.1. The number of nitrogens with one attached hydrogen (secondary N) is 1. The van der Waals surface area contributed by atoms with E-state index in [1.54, 1.807) is 11.0 Å². The first kappa shape index (κ1) is 22.2. The highest BCUT2D eigenvalue weighted by atomic mass is 35.5. The van der Waals surface area contributed by atoms with Crippen LogP contribution in [0.1, 0.15) is 49.7 Å². The normalized spacial score (nSPS) is 20.3. The van der Waals surface area contributed by atoms with E-state index in [9.17, 15) is 13.2 Å². The average molecular weight is 415 g/mol. The lowest BCUT2D eigenvalue weighted by Gasteiger charge is -2.38. The third-order valence-corrected chi connectivity index (χ3v) is 8.77. The first-order valence-electron chi connectivity index (χ1n) is 9.60. The second kappa shape index (κ2) is 8.50. The van der Waals surface area contributed by atoms with Gasteiger partial charge in [-0.25, -0.2) is 8.42 Å². The fraction of sp³-hybridized carbons (Fsp3) is 0.650. The quantitative estimate of drug-likeness (QED) is 0.822. The van der Waals surface area contributed by atoms with Crippen molar-refractivity contribution in [3.05, 3.63) is 29.3 Å². The number of benzene rings is 1. The molecule has 0 radical (unpaired) electrons. The van der Waals surface area contributed by atoms with Crippen molar-refractivity contribution in [2.75, 3.05) is 20.1 Å². The van der Waals surface area contributed by atoms with E-state index in [4.69, 9.17) is 0 Å². The third kappa shape index (κ3) is 3.89. The Morgan fingerprint density at radius 1 is 1.15 bits per heavy atom. The van der Waals surface area contributed by atoms with E-state index in [2.05, 4.69) is 5.32 Å². The van der Waals surface area contributed by atoms with Gasteiger partial charge in [0, 0.05) is 19.1 Å². The van der Waals surface area contributed by atoms with Crippen LogP contribution in [0.2, 0.25) is 0 Å². The molecule has 0 atom stereocenters. The first-order chi connectivity index (χ1) is 12.3. The van der Waals surface area contributed by atoms with Crippen LogP contribution in [0.4, 0.5) is 0 Å². The van der Waals surface area contributed by atoms with Crippen LogP contribution >= 0.6 is 12.4 Å². The number of carbonyl (C=O) groups is 1. The van der Waals surface area contributed by atoms with E-state index in [0.717, 1.165) is 36.8 Å². The smallest absolute Gasteiger partial charge is 0.244 e. The number of hydrogen-bond donors (Lipinski definition) is 1. The Morgan fingerprint density at radius 2 is 1.74 bits per heavy atom. The zero-order valence-corrected chi connectivity index (χ0v) is 18.1. The summed E-state index contributed by atoms with van der Waals surface area (Å²) in [6, 6.07) is 5.90. The second-order valence-electron chi connectivity index (χ2n) is 7.83. The molecule has 2 aliphatic rings. The molecule has 1 saturated carbocycles. The summed E-state index contributed by atoms with van der Waals surface area (Å²) >= 11 is 0. The highest BCUT2D eigenvalue weighted by Gasteiger charge is 2.55. The van der Waals surface area contributed by atoms with Crippen LogP contribution in [0, 0.1) is 13.8 Å². The summed E-state index contributed by atoms with van der Waals surface area (Å²) in [4.78, 5) is 15.6. The van der Waals surface area contributed by atoms with Gasteiger partial charge in [-0.2, -0.15) is 0 Å². The number of carbonyl (C=O) groups excluding carboxylic acids is 1. The average Bonchev–Trinajstić information content (AvgIpc) is 3.15. The van der Waals surface area contributed by atoms with Gasteiger partial charge in [-0.05, 0) is 63.8 Å². The molecule has 2 fully saturated rings. The molecule has 1 aliphatic carbocycles. The minimum atomic E-state index is -3.73. The van der Waals surface area contributed by atoms with E-state index < -0.39 is 14.6 Å². The van der Waals surface area contributed by atoms with Gasteiger partial charge in [-0.1, -0.05) is 25.0 Å². The van der Waals surface area contributed by atoms with Crippen molar-refractivity contribution in [3.63, 3.8) is 0 Å². The predicted octanol–water partition coefficient (Wildman–Crippen LogP) is 3.02. The van der Waals surface area contributed by atoms with Crippen molar-refractivity contribution in [1.82, 2.24) is 10.2 Å². The third-order valence-electron chi connectivity index (χ3n) is 6.14. The van der Waals surface area contributed by atoms with E-state index in [1.165, 1.54) is 0 Å². The molecule has 27 heavy (non-hydrogen) atoms. The molecule has 152 valence electrons. The minimum absolute atomic E-state index is 0. The molecule has 3 rings (SSSR count). The Balaban J connectivity index is 0.00000261. The largest absolute Gasteiger partial charge is 0.341 e. The van der Waals surface area contributed by atoms with E-state index in [0.29, 0.717) is 36.9 Å². The predicted molar refractivity (Wildman–Crippen MR) is 110 cm³/mol. The van der Waals surface area contributed by atoms with Crippen LogP contribution in [-0.2, 0) is 14.6 Å². The molecule has 0 bridgehead atoms. The molecule has 1 aliphatic heterocycles. The Bertz CT molecular complexity index is 780. The van der Waals surface area contributed by atoms with Gasteiger partial charge in [0.25, 0.3) is 0 Å². The van der Waals surface area contributed by atoms with Crippen molar-refractivity contribution in [2.45, 2.75) is 68.1 Å². The molecule has 0 unspecified atom stereocenters. The minimum Gasteiger partial charge on any atom is -0.341 e. The maximum absolute atomic E-state index is 13.7. The van der Waals surface area contributed by atoms with Crippen molar-refractivity contribution in [1.29, 1.82) is 0 Å². The Labute approximate surface area is 169 Å². The van der Waals surface area contributed by atoms with Gasteiger partial charge >= 0.3 is 0 Å². The number of likely N-dealkylation sites (tertiary alicyclic amines) is 1. The molecular formula is C20H31ClN2O3S. The number of rotatable bonds is 4. The zero-order valence-electron chi connectivity index (χ0n) is 16.5. The van der Waals surface area contributed by atoms with Gasteiger partial charge in [0.2, 0.25) is 5.91 Å². The van der Waals surface area contributed by atoms with Gasteiger partial charge in [-0.15, -0.1) is 12.4 Å². The molecule has 1 aromatic rings. The van der Waals surface area contributed by atoms with Crippen LogP contribution in [0.5, 0.6) is 0 Å². The van der Waals surface area contributed by atoms with E-state index >= 15 is 0 Å². The topological polar surface area (TPSA) is 66.5 Å². The lowest BCUT2D eigenvalue weighted by Crippen LogP contribution is -2.55. The standard InChI is InChI=1S/C20H30N2O3S.ClH/c1-15-6-7-16(2)18(14-15)26(24,25)20(10-4-5-11-20)19(23)22-12-8-17(21-3)9-13-22;/h6-7,14,17,21H,4-5,8-13H2,1-3H3;1H. The Morgan fingerprint density at radius 3 is 2.30 bits per heavy atom. The number of hydrogen-bond acceptors (Lipinski definition) is 4. The molecule has 1 aromatic carbocycles. The summed E-state index contributed by atoms with van der Waals surface area (Å²) in [5, 5.41) is 3.26. The number of sulfone groups is 1. The highest BCUT2D eigenvalue weighted by Crippen LogP contribution is 2.43. The van der Waals surface area contributed by atoms with Gasteiger partial charge in [0.1, 0.15) is 0 Å². The summed E-state index contributed by atoms with van der Waals surface area (Å²) in [6.45, 7) is 4.98. The lowest BCUT2D eigenvalue weighted by molar-refractivity contribution is -0.135. The maximum atomic E-state index is 13.7. The van der Waals surface area contributed by atoms with Crippen LogP contribution in [0.3, 0.4) is 0 Å². The van der Waals surface area contributed by atoms with Crippen LogP contribution in [0.15, 0.2) is 23.1 Å². The molecule has 1 N–H and O–H groups in total. The summed E-state index contributed by atoms with van der Waals surface area (Å²) in [6.07, 6.45) is 4.22. The van der Waals surface area contributed by atoms with Gasteiger partial charge < -0.3 is 10.2 Å². The Kier molecular flexibility index (Phi) is 6.98. The second-order valence-corrected chi connectivity index (χ2v) is 10.1. The number of nitrogens with zero attached hydrogens (tertiary/aromatic N) is 1. The molecule has 1 amide bonds. The van der Waals surface area contributed by atoms with Crippen LogP contribution in [-0.4, -0.2) is 50.2 Å². The van der Waals surface area contributed by atoms with E-state index in [-0.39, 0.29) is 18.3 Å². The molecule has 1 heterocycles. The van der Waals surface area contributed by atoms with Gasteiger partial charge in [-0.3, -0.25) is 4.79 Å². The molecular weight excluding hydrogens is 384 g/mol. The lowest BCUT2D eigenvalue weighted by atomic mass is 10.0. The Hall–Kier alpha value is -1.11. The molecule has 1 saturated heterocycles. The maximum Gasteiger partial charge on any atom is 0.244 e. The van der Waals surface area contributed by atoms with Crippen molar-refractivity contribution in [3.8, 4) is 0 Å². The number of aryl methyl sites for hydroxylation is 2. The van der Waals surface area contributed by atoms with Gasteiger partial charge in [0.15, 0.2) is 14.6 Å². The van der Waals surface area contributed by atoms with Crippen molar-refractivity contribution < 1.29 is 13.2 Å². The molecule has 0 aromatic heterocycles. The van der Waals surface area contributed by atoms with E-state index in [1.807, 2.05) is 33.0 Å². The zero-order chi connectivity index (χ0) is 18.9. The van der Waals surface area contributed by atoms with Crippen LogP contribution < -0.4 is 5.32 Å².